The van der Waals surface area contributed by atoms with Crippen LogP contribution < -0.4 is 11.1 Å². The molecule has 2 aromatic carbocycles. The Balaban J connectivity index is 2.13. The summed E-state index contributed by atoms with van der Waals surface area (Å²) in [5.74, 6) is -0.529. The Morgan fingerprint density at radius 3 is 2.52 bits per heavy atom. The van der Waals surface area contributed by atoms with Crippen molar-refractivity contribution < 1.29 is 9.18 Å². The van der Waals surface area contributed by atoms with Crippen molar-refractivity contribution in [3.63, 3.8) is 0 Å². The van der Waals surface area contributed by atoms with Crippen LogP contribution in [0.15, 0.2) is 30.3 Å². The molecule has 0 unspecified atom stereocenters. The molecule has 0 aliphatic rings. The van der Waals surface area contributed by atoms with Crippen molar-refractivity contribution >= 4 is 23.2 Å². The van der Waals surface area contributed by atoms with Gasteiger partial charge in [0.15, 0.2) is 0 Å². The molecule has 5 heteroatoms. The van der Waals surface area contributed by atoms with Gasteiger partial charge in [-0.1, -0.05) is 29.8 Å². The molecule has 0 bridgehead atoms. The van der Waals surface area contributed by atoms with Crippen molar-refractivity contribution in [3.05, 3.63) is 63.4 Å². The molecule has 0 aliphatic heterocycles. The summed E-state index contributed by atoms with van der Waals surface area (Å²) in [6.07, 6.45) is 0. The quantitative estimate of drug-likeness (QED) is 0.851. The van der Waals surface area contributed by atoms with E-state index in [4.69, 9.17) is 17.3 Å². The average Bonchev–Trinajstić information content (AvgIpc) is 2.45. The Hall–Kier alpha value is -2.07. The van der Waals surface area contributed by atoms with E-state index in [-0.39, 0.29) is 17.4 Å². The summed E-state index contributed by atoms with van der Waals surface area (Å²) in [7, 11) is 0. The topological polar surface area (TPSA) is 55.1 Å². The van der Waals surface area contributed by atoms with Gasteiger partial charge < -0.3 is 11.1 Å². The van der Waals surface area contributed by atoms with Crippen LogP contribution in [0.25, 0.3) is 0 Å². The van der Waals surface area contributed by atoms with E-state index in [9.17, 15) is 9.18 Å². The van der Waals surface area contributed by atoms with Gasteiger partial charge in [-0.25, -0.2) is 4.39 Å². The third-order valence-electron chi connectivity index (χ3n) is 3.25. The molecular weight excluding hydrogens is 291 g/mol. The van der Waals surface area contributed by atoms with E-state index in [1.165, 1.54) is 0 Å². The van der Waals surface area contributed by atoms with Crippen LogP contribution in [0.2, 0.25) is 5.02 Å². The number of rotatable bonds is 3. The standard InChI is InChI=1S/C16H16ClFN2O/c1-9-6-11(7-10(2)14(9)18)8-20-16(21)12-4-3-5-13(17)15(12)19/h3-7H,8,19H2,1-2H3,(H,20,21). The zero-order chi connectivity index (χ0) is 15.6. The van der Waals surface area contributed by atoms with Gasteiger partial charge in [-0.3, -0.25) is 4.79 Å². The maximum Gasteiger partial charge on any atom is 0.253 e. The third kappa shape index (κ3) is 3.34. The second-order valence-corrected chi connectivity index (χ2v) is 5.33. The van der Waals surface area contributed by atoms with Crippen LogP contribution in [0.1, 0.15) is 27.0 Å². The lowest BCUT2D eigenvalue weighted by atomic mass is 10.1. The first-order chi connectivity index (χ1) is 9.90. The van der Waals surface area contributed by atoms with Crippen LogP contribution >= 0.6 is 11.6 Å². The maximum absolute atomic E-state index is 13.6. The van der Waals surface area contributed by atoms with Gasteiger partial charge in [-0.15, -0.1) is 0 Å². The zero-order valence-corrected chi connectivity index (χ0v) is 12.6. The number of para-hydroxylation sites is 1. The lowest BCUT2D eigenvalue weighted by Crippen LogP contribution is -2.24. The van der Waals surface area contributed by atoms with E-state index in [0.717, 1.165) is 5.56 Å². The Kier molecular flexibility index (Phi) is 4.48. The van der Waals surface area contributed by atoms with Crippen LogP contribution in [-0.2, 0) is 6.54 Å². The molecule has 3 nitrogen and oxygen atoms in total. The number of benzene rings is 2. The van der Waals surface area contributed by atoms with E-state index >= 15 is 0 Å². The van der Waals surface area contributed by atoms with Gasteiger partial charge in [-0.2, -0.15) is 0 Å². The first-order valence-electron chi connectivity index (χ1n) is 6.48. The zero-order valence-electron chi connectivity index (χ0n) is 11.8. The summed E-state index contributed by atoms with van der Waals surface area (Å²) in [6, 6.07) is 8.33. The first kappa shape index (κ1) is 15.3. The molecule has 0 heterocycles. The van der Waals surface area contributed by atoms with Gasteiger partial charge >= 0.3 is 0 Å². The van der Waals surface area contributed by atoms with Gasteiger partial charge in [-0.05, 0) is 42.7 Å². The molecule has 0 atom stereocenters. The van der Waals surface area contributed by atoms with Gasteiger partial charge in [0.2, 0.25) is 0 Å². The van der Waals surface area contributed by atoms with Gasteiger partial charge in [0.1, 0.15) is 5.82 Å². The molecule has 0 fully saturated rings. The van der Waals surface area contributed by atoms with E-state index in [0.29, 0.717) is 28.3 Å². The average molecular weight is 307 g/mol. The van der Waals surface area contributed by atoms with Crippen LogP contribution in [0.5, 0.6) is 0 Å². The number of hydrogen-bond acceptors (Lipinski definition) is 2. The number of carbonyl (C=O) groups is 1. The first-order valence-corrected chi connectivity index (χ1v) is 6.85. The summed E-state index contributed by atoms with van der Waals surface area (Å²) in [6.45, 7) is 3.69. The van der Waals surface area contributed by atoms with Crippen molar-refractivity contribution in [2.75, 3.05) is 5.73 Å². The predicted molar refractivity (Wildman–Crippen MR) is 82.9 cm³/mol. The number of nitrogens with two attached hydrogens (primary N) is 1. The highest BCUT2D eigenvalue weighted by Crippen LogP contribution is 2.22. The lowest BCUT2D eigenvalue weighted by Gasteiger charge is -2.10. The van der Waals surface area contributed by atoms with Crippen molar-refractivity contribution in [2.45, 2.75) is 20.4 Å². The smallest absolute Gasteiger partial charge is 0.253 e. The number of nitrogens with one attached hydrogen (secondary N) is 1. The minimum Gasteiger partial charge on any atom is -0.397 e. The SMILES string of the molecule is Cc1cc(CNC(=O)c2cccc(Cl)c2N)cc(C)c1F. The molecule has 110 valence electrons. The van der Waals surface area contributed by atoms with E-state index < -0.39 is 0 Å². The normalized spacial score (nSPS) is 10.5. The van der Waals surface area contributed by atoms with E-state index in [1.54, 1.807) is 44.2 Å². The Labute approximate surface area is 127 Å². The number of nitrogen functional groups attached to an aromatic ring is 1. The van der Waals surface area contributed by atoms with Crippen LogP contribution in [0, 0.1) is 19.7 Å². The molecule has 0 radical (unpaired) electrons. The van der Waals surface area contributed by atoms with Crippen molar-refractivity contribution in [1.82, 2.24) is 5.32 Å². The summed E-state index contributed by atoms with van der Waals surface area (Å²) in [5, 5.41) is 3.10. The monoisotopic (exact) mass is 306 g/mol. The number of amides is 1. The van der Waals surface area contributed by atoms with E-state index in [2.05, 4.69) is 5.32 Å². The molecule has 2 aromatic rings. The van der Waals surface area contributed by atoms with Gasteiger partial charge in [0.05, 0.1) is 16.3 Å². The van der Waals surface area contributed by atoms with Crippen molar-refractivity contribution in [3.8, 4) is 0 Å². The molecular formula is C16H16ClFN2O. The second-order valence-electron chi connectivity index (χ2n) is 4.93. The highest BCUT2D eigenvalue weighted by molar-refractivity contribution is 6.33. The molecule has 3 N–H and O–H groups in total. The van der Waals surface area contributed by atoms with Crippen molar-refractivity contribution in [2.24, 2.45) is 0 Å². The molecule has 1 amide bonds. The number of carbonyl (C=O) groups excluding carboxylic acids is 1. The van der Waals surface area contributed by atoms with Crippen molar-refractivity contribution in [1.29, 1.82) is 0 Å². The summed E-state index contributed by atoms with van der Waals surface area (Å²) in [4.78, 5) is 12.1. The highest BCUT2D eigenvalue weighted by Gasteiger charge is 2.12. The lowest BCUT2D eigenvalue weighted by molar-refractivity contribution is 0.0952. The van der Waals surface area contributed by atoms with Gasteiger partial charge in [0.25, 0.3) is 5.91 Å². The Bertz CT molecular complexity index is 678. The summed E-state index contributed by atoms with van der Waals surface area (Å²) >= 11 is 5.89. The van der Waals surface area contributed by atoms with Crippen LogP contribution in [-0.4, -0.2) is 5.91 Å². The molecule has 21 heavy (non-hydrogen) atoms. The third-order valence-corrected chi connectivity index (χ3v) is 3.58. The van der Waals surface area contributed by atoms with Crippen LogP contribution in [0.4, 0.5) is 10.1 Å². The minimum absolute atomic E-state index is 0.218. The molecule has 0 aliphatic carbocycles. The Morgan fingerprint density at radius 1 is 1.29 bits per heavy atom. The summed E-state index contributed by atoms with van der Waals surface area (Å²) in [5.41, 5.74) is 8.31. The molecule has 0 saturated heterocycles. The van der Waals surface area contributed by atoms with E-state index in [1.807, 2.05) is 0 Å². The molecule has 2 rings (SSSR count). The largest absolute Gasteiger partial charge is 0.397 e. The fourth-order valence-corrected chi connectivity index (χ4v) is 2.32. The number of halogens is 2. The Morgan fingerprint density at radius 2 is 1.90 bits per heavy atom. The maximum atomic E-state index is 13.6. The highest BCUT2D eigenvalue weighted by atomic mass is 35.5. The second kappa shape index (κ2) is 6.14. The number of aryl methyl sites for hydroxylation is 2. The number of hydrogen-bond donors (Lipinski definition) is 2. The predicted octanol–water partition coefficient (Wildman–Crippen LogP) is 3.61. The molecule has 0 aromatic heterocycles. The molecule has 0 saturated carbocycles. The fourth-order valence-electron chi connectivity index (χ4n) is 2.15. The summed E-state index contributed by atoms with van der Waals surface area (Å²) < 4.78 is 13.6. The minimum atomic E-state index is -0.311. The fraction of sp³-hybridized carbons (Fsp3) is 0.188. The van der Waals surface area contributed by atoms with Crippen LogP contribution in [0.3, 0.4) is 0 Å². The number of anilines is 1. The molecule has 0 spiro atoms. The van der Waals surface area contributed by atoms with Gasteiger partial charge in [0, 0.05) is 6.54 Å².